The second-order valence-electron chi connectivity index (χ2n) is 7.55. The topological polar surface area (TPSA) is 81.8 Å². The summed E-state index contributed by atoms with van der Waals surface area (Å²) in [6.45, 7) is 1.99. The Kier molecular flexibility index (Phi) is 5.22. The maximum Gasteiger partial charge on any atom is 0.265 e. The standard InChI is InChI=1S/C22H17ClFN5O2S/c1-12-3-2-4-14(7-12)29-20-16(10-25-29)21(31)28-15(11-32-22(28)27-20)9-19(30)26-13-5-6-18(24)17(23)8-13/h2-8,10,15H,9,11H2,1H3,(H,26,30). The lowest BCUT2D eigenvalue weighted by Crippen LogP contribution is -2.27. The molecule has 1 amide bonds. The van der Waals surface area contributed by atoms with E-state index in [4.69, 9.17) is 11.6 Å². The number of hydrogen-bond donors (Lipinski definition) is 1. The molecule has 0 saturated carbocycles. The van der Waals surface area contributed by atoms with Crippen LogP contribution in [0.25, 0.3) is 16.7 Å². The summed E-state index contributed by atoms with van der Waals surface area (Å²) in [5.74, 6) is -0.308. The van der Waals surface area contributed by atoms with Crippen LogP contribution in [0.15, 0.2) is 58.6 Å². The minimum absolute atomic E-state index is 0.0713. The fourth-order valence-corrected chi connectivity index (χ4v) is 5.04. The highest BCUT2D eigenvalue weighted by Gasteiger charge is 2.29. The van der Waals surface area contributed by atoms with Crippen molar-refractivity contribution in [2.45, 2.75) is 24.5 Å². The number of nitrogens with one attached hydrogen (secondary N) is 1. The molecule has 0 aliphatic carbocycles. The number of nitrogens with zero attached hydrogens (tertiary/aromatic N) is 4. The van der Waals surface area contributed by atoms with Gasteiger partial charge in [-0.05, 0) is 42.8 Å². The van der Waals surface area contributed by atoms with Gasteiger partial charge < -0.3 is 5.32 Å². The fourth-order valence-electron chi connectivity index (χ4n) is 3.73. The molecule has 0 radical (unpaired) electrons. The van der Waals surface area contributed by atoms with Gasteiger partial charge in [-0.15, -0.1) is 0 Å². The van der Waals surface area contributed by atoms with Gasteiger partial charge >= 0.3 is 0 Å². The first-order valence-corrected chi connectivity index (χ1v) is 11.2. The van der Waals surface area contributed by atoms with Gasteiger partial charge in [-0.25, -0.2) is 14.1 Å². The summed E-state index contributed by atoms with van der Waals surface area (Å²) in [4.78, 5) is 30.5. The average molecular weight is 470 g/mol. The SMILES string of the molecule is Cc1cccc(-n2ncc3c(=O)n4c(nc32)SCC4CC(=O)Nc2ccc(F)c(Cl)c2)c1. The average Bonchev–Trinajstić information content (AvgIpc) is 3.36. The molecule has 2 aromatic carbocycles. The Labute approximate surface area is 191 Å². The molecule has 32 heavy (non-hydrogen) atoms. The van der Waals surface area contributed by atoms with Crippen LogP contribution in [-0.2, 0) is 4.79 Å². The summed E-state index contributed by atoms with van der Waals surface area (Å²) >= 11 is 7.20. The number of anilines is 1. The summed E-state index contributed by atoms with van der Waals surface area (Å²) < 4.78 is 16.5. The highest BCUT2D eigenvalue weighted by Crippen LogP contribution is 2.33. The van der Waals surface area contributed by atoms with Crippen LogP contribution in [0.1, 0.15) is 18.0 Å². The molecule has 1 atom stereocenters. The number of rotatable bonds is 4. The Balaban J connectivity index is 1.44. The Morgan fingerprint density at radius 2 is 2.16 bits per heavy atom. The van der Waals surface area contributed by atoms with E-state index in [1.54, 1.807) is 9.25 Å². The summed E-state index contributed by atoms with van der Waals surface area (Å²) in [5, 5.41) is 7.96. The van der Waals surface area contributed by atoms with Crippen molar-refractivity contribution in [2.24, 2.45) is 0 Å². The van der Waals surface area contributed by atoms with E-state index >= 15 is 0 Å². The molecule has 1 unspecified atom stereocenters. The molecule has 0 fully saturated rings. The summed E-state index contributed by atoms with van der Waals surface area (Å²) in [7, 11) is 0. The van der Waals surface area contributed by atoms with Crippen molar-refractivity contribution in [3.8, 4) is 5.69 Å². The van der Waals surface area contributed by atoms with E-state index < -0.39 is 5.82 Å². The lowest BCUT2D eigenvalue weighted by Gasteiger charge is -2.13. The molecule has 4 aromatic rings. The molecule has 2 aromatic heterocycles. The Hall–Kier alpha value is -3.17. The van der Waals surface area contributed by atoms with E-state index in [2.05, 4.69) is 15.4 Å². The molecule has 1 N–H and O–H groups in total. The quantitative estimate of drug-likeness (QED) is 0.449. The number of thioether (sulfide) groups is 1. The van der Waals surface area contributed by atoms with Gasteiger partial charge in [0.1, 0.15) is 11.2 Å². The first-order chi connectivity index (χ1) is 15.4. The maximum atomic E-state index is 13.3. The molecule has 1 aliphatic heterocycles. The van der Waals surface area contributed by atoms with Gasteiger partial charge in [0.05, 0.1) is 22.9 Å². The van der Waals surface area contributed by atoms with Gasteiger partial charge in [0, 0.05) is 17.9 Å². The third kappa shape index (κ3) is 3.67. The monoisotopic (exact) mass is 469 g/mol. The summed E-state index contributed by atoms with van der Waals surface area (Å²) in [6, 6.07) is 11.4. The number of carbonyl (C=O) groups is 1. The number of fused-ring (bicyclic) bond motifs is 2. The molecular formula is C22H17ClFN5O2S. The van der Waals surface area contributed by atoms with Gasteiger partial charge in [0.2, 0.25) is 5.91 Å². The molecule has 7 nitrogen and oxygen atoms in total. The highest BCUT2D eigenvalue weighted by atomic mass is 35.5. The number of aromatic nitrogens is 4. The van der Waals surface area contributed by atoms with Crippen LogP contribution in [0.2, 0.25) is 5.02 Å². The molecule has 0 spiro atoms. The van der Waals surface area contributed by atoms with Crippen LogP contribution < -0.4 is 10.9 Å². The van der Waals surface area contributed by atoms with E-state index in [0.717, 1.165) is 11.3 Å². The lowest BCUT2D eigenvalue weighted by molar-refractivity contribution is -0.116. The third-order valence-electron chi connectivity index (χ3n) is 5.24. The Morgan fingerprint density at radius 1 is 1.31 bits per heavy atom. The zero-order valence-electron chi connectivity index (χ0n) is 16.9. The number of amides is 1. The van der Waals surface area contributed by atoms with Crippen molar-refractivity contribution in [3.05, 3.63) is 75.4 Å². The van der Waals surface area contributed by atoms with Crippen LogP contribution in [0, 0.1) is 12.7 Å². The minimum Gasteiger partial charge on any atom is -0.326 e. The fraction of sp³-hybridized carbons (Fsp3) is 0.182. The van der Waals surface area contributed by atoms with E-state index in [-0.39, 0.29) is 29.0 Å². The largest absolute Gasteiger partial charge is 0.326 e. The van der Waals surface area contributed by atoms with Gasteiger partial charge in [-0.1, -0.05) is 35.5 Å². The number of halogens is 2. The third-order valence-corrected chi connectivity index (χ3v) is 6.63. The summed E-state index contributed by atoms with van der Waals surface area (Å²) in [6.07, 6.45) is 1.59. The highest BCUT2D eigenvalue weighted by molar-refractivity contribution is 7.99. The molecule has 10 heteroatoms. The molecule has 162 valence electrons. The Morgan fingerprint density at radius 3 is 2.94 bits per heavy atom. The van der Waals surface area contributed by atoms with E-state index in [1.807, 2.05) is 31.2 Å². The first kappa shape index (κ1) is 20.7. The molecule has 3 heterocycles. The molecule has 0 saturated heterocycles. The van der Waals surface area contributed by atoms with Crippen molar-refractivity contribution in [2.75, 3.05) is 11.1 Å². The van der Waals surface area contributed by atoms with E-state index in [0.29, 0.717) is 27.6 Å². The first-order valence-electron chi connectivity index (χ1n) is 9.86. The van der Waals surface area contributed by atoms with Crippen molar-refractivity contribution < 1.29 is 9.18 Å². The maximum absolute atomic E-state index is 13.3. The number of aryl methyl sites for hydroxylation is 1. The van der Waals surface area contributed by atoms with Crippen molar-refractivity contribution in [1.82, 2.24) is 19.3 Å². The minimum atomic E-state index is -0.557. The number of benzene rings is 2. The van der Waals surface area contributed by atoms with Gasteiger partial charge in [-0.3, -0.25) is 14.2 Å². The van der Waals surface area contributed by atoms with E-state index in [9.17, 15) is 14.0 Å². The Bertz CT molecular complexity index is 1430. The van der Waals surface area contributed by atoms with Crippen LogP contribution in [0.5, 0.6) is 0 Å². The lowest BCUT2D eigenvalue weighted by atomic mass is 10.2. The van der Waals surface area contributed by atoms with Crippen LogP contribution in [0.4, 0.5) is 10.1 Å². The van der Waals surface area contributed by atoms with Gasteiger partial charge in [0.25, 0.3) is 5.56 Å². The van der Waals surface area contributed by atoms with Gasteiger partial charge in [-0.2, -0.15) is 5.10 Å². The molecule has 1 aliphatic rings. The number of hydrogen-bond acceptors (Lipinski definition) is 5. The predicted molar refractivity (Wildman–Crippen MR) is 122 cm³/mol. The normalized spacial score (nSPS) is 15.2. The van der Waals surface area contributed by atoms with Crippen molar-refractivity contribution in [3.63, 3.8) is 0 Å². The van der Waals surface area contributed by atoms with E-state index in [1.165, 1.54) is 36.2 Å². The van der Waals surface area contributed by atoms with Crippen LogP contribution in [0.3, 0.4) is 0 Å². The molecule has 0 bridgehead atoms. The van der Waals surface area contributed by atoms with Crippen LogP contribution in [-0.4, -0.2) is 31.0 Å². The van der Waals surface area contributed by atoms with Crippen molar-refractivity contribution >= 4 is 46.0 Å². The molecular weight excluding hydrogens is 453 g/mol. The predicted octanol–water partition coefficient (Wildman–Crippen LogP) is 4.36. The zero-order chi connectivity index (χ0) is 22.4. The van der Waals surface area contributed by atoms with Gasteiger partial charge in [0.15, 0.2) is 10.8 Å². The second kappa shape index (κ2) is 8.07. The molecule has 5 rings (SSSR count). The zero-order valence-corrected chi connectivity index (χ0v) is 18.5. The van der Waals surface area contributed by atoms with Crippen molar-refractivity contribution in [1.29, 1.82) is 0 Å². The number of carbonyl (C=O) groups excluding carboxylic acids is 1. The second-order valence-corrected chi connectivity index (χ2v) is 8.94. The van der Waals surface area contributed by atoms with Crippen LogP contribution >= 0.6 is 23.4 Å². The summed E-state index contributed by atoms with van der Waals surface area (Å²) in [5.41, 5.74) is 2.57. The smallest absolute Gasteiger partial charge is 0.265 e.